The van der Waals surface area contributed by atoms with Crippen LogP contribution < -0.4 is 5.32 Å². The predicted octanol–water partition coefficient (Wildman–Crippen LogP) is 3.92. The first kappa shape index (κ1) is 16.4. The molecule has 0 aliphatic carbocycles. The largest absolute Gasteiger partial charge is 0.350 e. The van der Waals surface area contributed by atoms with Crippen molar-refractivity contribution in [1.29, 1.82) is 0 Å². The number of hydrogen-bond acceptors (Lipinski definition) is 2. The van der Waals surface area contributed by atoms with Crippen LogP contribution in [0.2, 0.25) is 0 Å². The number of amides is 1. The lowest BCUT2D eigenvalue weighted by atomic mass is 10.1. The van der Waals surface area contributed by atoms with Crippen LogP contribution in [0.1, 0.15) is 33.7 Å². The number of halogens is 2. The van der Waals surface area contributed by atoms with Gasteiger partial charge >= 0.3 is 0 Å². The molecule has 0 radical (unpaired) electrons. The van der Waals surface area contributed by atoms with Crippen LogP contribution in [0.15, 0.2) is 12.1 Å². The van der Waals surface area contributed by atoms with E-state index in [1.54, 1.807) is 17.6 Å². The molecular weight excluding hydrogens is 404 g/mol. The summed E-state index contributed by atoms with van der Waals surface area (Å²) >= 11 is 7.20. The fourth-order valence-corrected chi connectivity index (χ4v) is 2.93. The summed E-state index contributed by atoms with van der Waals surface area (Å²) in [6.07, 6.45) is 0. The number of imidazole rings is 1. The summed E-state index contributed by atoms with van der Waals surface area (Å²) in [5.74, 6) is -0.479. The van der Waals surface area contributed by atoms with Crippen LogP contribution in [0.5, 0.6) is 0 Å². The Hall–Kier alpha value is -0.960. The molecule has 1 aromatic carbocycles. The molecule has 0 spiro atoms. The van der Waals surface area contributed by atoms with Crippen LogP contribution in [0.4, 0.5) is 4.39 Å². The maximum absolute atomic E-state index is 13.8. The lowest BCUT2D eigenvalue weighted by Gasteiger charge is -2.24. The SMILES string of the molecule is CC(C(=O)NC(C)(C)C)n1c(=S)[nH]c2cc(I)c(F)cc21. The van der Waals surface area contributed by atoms with Gasteiger partial charge in [-0.05, 0) is 68.6 Å². The minimum absolute atomic E-state index is 0.154. The Labute approximate surface area is 141 Å². The van der Waals surface area contributed by atoms with E-state index >= 15 is 0 Å². The number of rotatable bonds is 2. The van der Waals surface area contributed by atoms with Crippen LogP contribution >= 0.6 is 34.8 Å². The number of fused-ring (bicyclic) bond motifs is 1. The molecule has 2 N–H and O–H groups in total. The number of benzene rings is 1. The maximum Gasteiger partial charge on any atom is 0.243 e. The average Bonchev–Trinajstić information content (AvgIpc) is 2.62. The molecule has 0 aliphatic heterocycles. The Kier molecular flexibility index (Phi) is 4.44. The van der Waals surface area contributed by atoms with Gasteiger partial charge in [-0.15, -0.1) is 0 Å². The smallest absolute Gasteiger partial charge is 0.243 e. The van der Waals surface area contributed by atoms with Gasteiger partial charge < -0.3 is 14.9 Å². The molecule has 2 aromatic rings. The van der Waals surface area contributed by atoms with E-state index < -0.39 is 6.04 Å². The molecule has 4 nitrogen and oxygen atoms in total. The number of nitrogens with zero attached hydrogens (tertiary/aromatic N) is 1. The first-order valence-electron chi connectivity index (χ1n) is 6.51. The van der Waals surface area contributed by atoms with Gasteiger partial charge in [-0.3, -0.25) is 4.79 Å². The molecule has 7 heteroatoms. The van der Waals surface area contributed by atoms with Gasteiger partial charge in [-0.2, -0.15) is 0 Å². The summed E-state index contributed by atoms with van der Waals surface area (Å²) in [6.45, 7) is 7.48. The number of carbonyl (C=O) groups excluding carboxylic acids is 1. The normalized spacial score (nSPS) is 13.4. The Morgan fingerprint density at radius 2 is 2.10 bits per heavy atom. The van der Waals surface area contributed by atoms with Gasteiger partial charge in [0.2, 0.25) is 5.91 Å². The summed E-state index contributed by atoms with van der Waals surface area (Å²) in [7, 11) is 0. The van der Waals surface area contributed by atoms with Gasteiger partial charge in [0.05, 0.1) is 14.6 Å². The summed E-state index contributed by atoms with van der Waals surface area (Å²) < 4.78 is 16.4. The number of aromatic nitrogens is 2. The molecule has 1 heterocycles. The Balaban J connectivity index is 2.51. The second-order valence-corrected chi connectivity index (χ2v) is 7.55. The predicted molar refractivity (Wildman–Crippen MR) is 92.4 cm³/mol. The minimum atomic E-state index is -0.523. The van der Waals surface area contributed by atoms with E-state index in [1.165, 1.54) is 6.07 Å². The number of hydrogen-bond donors (Lipinski definition) is 2. The molecule has 1 aromatic heterocycles. The molecule has 1 atom stereocenters. The summed E-state index contributed by atoms with van der Waals surface area (Å²) in [5.41, 5.74) is 0.982. The highest BCUT2D eigenvalue weighted by Crippen LogP contribution is 2.24. The van der Waals surface area contributed by atoms with Crippen molar-refractivity contribution in [1.82, 2.24) is 14.9 Å². The lowest BCUT2D eigenvalue weighted by Crippen LogP contribution is -2.43. The van der Waals surface area contributed by atoms with Crippen molar-refractivity contribution >= 4 is 51.7 Å². The fourth-order valence-electron chi connectivity index (χ4n) is 2.10. The Morgan fingerprint density at radius 1 is 1.48 bits per heavy atom. The molecular formula is C14H17FIN3OS. The second-order valence-electron chi connectivity index (χ2n) is 6.00. The van der Waals surface area contributed by atoms with Gasteiger partial charge in [0.1, 0.15) is 11.9 Å². The first-order chi connectivity index (χ1) is 9.60. The first-order valence-corrected chi connectivity index (χ1v) is 8.00. The Bertz CT molecular complexity index is 760. The standard InChI is InChI=1S/C14H17FIN3OS/c1-7(12(20)18-14(2,3)4)19-11-5-8(15)9(16)6-10(11)17-13(19)21/h5-7H,1-4H3,(H,17,21)(H,18,20). The van der Waals surface area contributed by atoms with Gasteiger partial charge in [-0.1, -0.05) is 0 Å². The van der Waals surface area contributed by atoms with E-state index in [1.807, 2.05) is 43.4 Å². The second kappa shape index (κ2) is 5.68. The minimum Gasteiger partial charge on any atom is -0.350 e. The molecule has 0 aliphatic rings. The van der Waals surface area contributed by atoms with Crippen molar-refractivity contribution in [2.24, 2.45) is 0 Å². The van der Waals surface area contributed by atoms with Crippen LogP contribution in [-0.4, -0.2) is 21.0 Å². The van der Waals surface area contributed by atoms with Crippen LogP contribution in [0.25, 0.3) is 11.0 Å². The summed E-state index contributed by atoms with van der Waals surface area (Å²) in [6, 6.07) is 2.57. The van der Waals surface area contributed by atoms with Crippen LogP contribution in [0, 0.1) is 14.2 Å². The van der Waals surface area contributed by atoms with E-state index in [0.29, 0.717) is 13.9 Å². The highest BCUT2D eigenvalue weighted by atomic mass is 127. The van der Waals surface area contributed by atoms with Crippen molar-refractivity contribution in [3.05, 3.63) is 26.3 Å². The zero-order valence-corrected chi connectivity index (χ0v) is 15.2. The average molecular weight is 421 g/mol. The van der Waals surface area contributed by atoms with E-state index in [-0.39, 0.29) is 17.3 Å². The monoisotopic (exact) mass is 421 g/mol. The number of nitrogens with one attached hydrogen (secondary N) is 2. The molecule has 1 unspecified atom stereocenters. The third-order valence-electron chi connectivity index (χ3n) is 3.02. The van der Waals surface area contributed by atoms with Crippen molar-refractivity contribution < 1.29 is 9.18 Å². The summed E-state index contributed by atoms with van der Waals surface area (Å²) in [5, 5.41) is 2.91. The highest BCUT2D eigenvalue weighted by molar-refractivity contribution is 14.1. The van der Waals surface area contributed by atoms with E-state index in [2.05, 4.69) is 10.3 Å². The zero-order valence-electron chi connectivity index (χ0n) is 12.3. The van der Waals surface area contributed by atoms with Crippen molar-refractivity contribution in [2.45, 2.75) is 39.3 Å². The zero-order chi connectivity index (χ0) is 15.9. The third kappa shape index (κ3) is 3.45. The van der Waals surface area contributed by atoms with Crippen LogP contribution in [0.3, 0.4) is 0 Å². The third-order valence-corrected chi connectivity index (χ3v) is 4.15. The molecule has 0 saturated carbocycles. The van der Waals surface area contributed by atoms with E-state index in [4.69, 9.17) is 12.2 Å². The summed E-state index contributed by atoms with van der Waals surface area (Å²) in [4.78, 5) is 15.3. The quantitative estimate of drug-likeness (QED) is 0.571. The van der Waals surface area contributed by atoms with E-state index in [0.717, 1.165) is 5.52 Å². The Morgan fingerprint density at radius 3 is 2.67 bits per heavy atom. The molecule has 0 saturated heterocycles. The van der Waals surface area contributed by atoms with Gasteiger partial charge in [0.25, 0.3) is 0 Å². The fraction of sp³-hybridized carbons (Fsp3) is 0.429. The molecule has 0 bridgehead atoms. The molecule has 2 rings (SSSR count). The molecule has 21 heavy (non-hydrogen) atoms. The molecule has 0 fully saturated rings. The molecule has 1 amide bonds. The van der Waals surface area contributed by atoms with E-state index in [9.17, 15) is 9.18 Å². The maximum atomic E-state index is 13.8. The van der Waals surface area contributed by atoms with Gasteiger partial charge in [-0.25, -0.2) is 4.39 Å². The highest BCUT2D eigenvalue weighted by Gasteiger charge is 2.23. The molecule has 114 valence electrons. The number of H-pyrrole nitrogens is 1. The van der Waals surface area contributed by atoms with Crippen molar-refractivity contribution in [3.8, 4) is 0 Å². The van der Waals surface area contributed by atoms with Crippen LogP contribution in [-0.2, 0) is 4.79 Å². The number of aromatic amines is 1. The topological polar surface area (TPSA) is 49.8 Å². The van der Waals surface area contributed by atoms with Crippen molar-refractivity contribution in [3.63, 3.8) is 0 Å². The number of carbonyl (C=O) groups is 1. The van der Waals surface area contributed by atoms with Gasteiger partial charge in [0.15, 0.2) is 4.77 Å². The van der Waals surface area contributed by atoms with Crippen molar-refractivity contribution in [2.75, 3.05) is 0 Å². The lowest BCUT2D eigenvalue weighted by molar-refractivity contribution is -0.125. The van der Waals surface area contributed by atoms with Gasteiger partial charge in [0, 0.05) is 11.6 Å².